The van der Waals surface area contributed by atoms with Gasteiger partial charge in [0, 0.05) is 11.5 Å². The van der Waals surface area contributed by atoms with Gasteiger partial charge in [0.25, 0.3) is 0 Å². The number of benzene rings is 1. The molecule has 0 bridgehead atoms. The predicted molar refractivity (Wildman–Crippen MR) is 69.2 cm³/mol. The minimum atomic E-state index is 0.362. The molecule has 0 nitrogen and oxygen atoms in total. The zero-order chi connectivity index (χ0) is 11.6. The van der Waals surface area contributed by atoms with E-state index in [2.05, 4.69) is 56.9 Å². The molecule has 2 rings (SSSR count). The number of hydrogen-bond acceptors (Lipinski definition) is 0. The molecule has 0 saturated heterocycles. The Morgan fingerprint density at radius 1 is 1.12 bits per heavy atom. The maximum atomic E-state index is 3.29. The molecular formula is C16H20. The van der Waals surface area contributed by atoms with Crippen molar-refractivity contribution < 1.29 is 0 Å². The predicted octanol–water partition coefficient (Wildman–Crippen LogP) is 4.04. The van der Waals surface area contributed by atoms with E-state index in [9.17, 15) is 0 Å². The van der Waals surface area contributed by atoms with Crippen LogP contribution in [0.2, 0.25) is 0 Å². The van der Waals surface area contributed by atoms with Gasteiger partial charge in [0.05, 0.1) is 0 Å². The van der Waals surface area contributed by atoms with Gasteiger partial charge in [0.2, 0.25) is 0 Å². The normalized spacial score (nSPS) is 15.4. The molecule has 0 radical (unpaired) electrons. The van der Waals surface area contributed by atoms with Gasteiger partial charge in [0.15, 0.2) is 0 Å². The Labute approximate surface area is 99.1 Å². The first-order chi connectivity index (χ1) is 7.53. The third-order valence-corrected chi connectivity index (χ3v) is 2.69. The standard InChI is InChI=1S/C16H20/c1-16(2,3)12-15-10-8-14(9-11-15)7-6-13-4-5-13/h8-11,13H,4-5,12H2,1-3H3. The molecule has 1 fully saturated rings. The third kappa shape index (κ3) is 3.74. The fourth-order valence-electron chi connectivity index (χ4n) is 1.73. The fourth-order valence-corrected chi connectivity index (χ4v) is 1.73. The smallest absolute Gasteiger partial charge is 0.0245 e. The molecule has 0 aromatic heterocycles. The average molecular weight is 212 g/mol. The van der Waals surface area contributed by atoms with Crippen LogP contribution in [0.15, 0.2) is 24.3 Å². The van der Waals surface area contributed by atoms with Gasteiger partial charge in [-0.05, 0) is 42.4 Å². The van der Waals surface area contributed by atoms with Crippen molar-refractivity contribution in [1.29, 1.82) is 0 Å². The lowest BCUT2D eigenvalue weighted by Gasteiger charge is -2.17. The monoisotopic (exact) mass is 212 g/mol. The van der Waals surface area contributed by atoms with Crippen LogP contribution in [-0.4, -0.2) is 0 Å². The van der Waals surface area contributed by atoms with Crippen LogP contribution >= 0.6 is 0 Å². The van der Waals surface area contributed by atoms with E-state index in [1.54, 1.807) is 0 Å². The van der Waals surface area contributed by atoms with Crippen molar-refractivity contribution in [3.63, 3.8) is 0 Å². The topological polar surface area (TPSA) is 0 Å². The van der Waals surface area contributed by atoms with Gasteiger partial charge >= 0.3 is 0 Å². The Bertz CT molecular complexity index is 402. The minimum Gasteiger partial charge on any atom is -0.0945 e. The maximum Gasteiger partial charge on any atom is 0.0245 e. The van der Waals surface area contributed by atoms with E-state index < -0.39 is 0 Å². The van der Waals surface area contributed by atoms with Crippen LogP contribution in [0, 0.1) is 23.2 Å². The van der Waals surface area contributed by atoms with Gasteiger partial charge in [-0.2, -0.15) is 0 Å². The zero-order valence-electron chi connectivity index (χ0n) is 10.5. The van der Waals surface area contributed by atoms with Crippen LogP contribution in [0.1, 0.15) is 44.7 Å². The van der Waals surface area contributed by atoms with Crippen molar-refractivity contribution in [1.82, 2.24) is 0 Å². The highest BCUT2D eigenvalue weighted by Crippen LogP contribution is 2.27. The van der Waals surface area contributed by atoms with E-state index in [4.69, 9.17) is 0 Å². The molecule has 0 amide bonds. The lowest BCUT2D eigenvalue weighted by Crippen LogP contribution is -2.08. The van der Waals surface area contributed by atoms with E-state index in [1.807, 2.05) is 0 Å². The molecule has 1 aromatic rings. The van der Waals surface area contributed by atoms with Crippen LogP contribution in [0.4, 0.5) is 0 Å². The summed E-state index contributed by atoms with van der Waals surface area (Å²) in [5.41, 5.74) is 2.93. The Morgan fingerprint density at radius 3 is 2.25 bits per heavy atom. The summed E-state index contributed by atoms with van der Waals surface area (Å²) in [5.74, 6) is 7.23. The van der Waals surface area contributed by atoms with Crippen molar-refractivity contribution in [2.75, 3.05) is 0 Å². The second kappa shape index (κ2) is 4.34. The van der Waals surface area contributed by atoms with E-state index in [1.165, 1.54) is 18.4 Å². The second-order valence-corrected chi connectivity index (χ2v) is 5.98. The highest BCUT2D eigenvalue weighted by molar-refractivity contribution is 5.37. The summed E-state index contributed by atoms with van der Waals surface area (Å²) in [6.45, 7) is 6.81. The molecule has 1 aliphatic carbocycles. The summed E-state index contributed by atoms with van der Waals surface area (Å²) in [5, 5.41) is 0. The van der Waals surface area contributed by atoms with E-state index in [-0.39, 0.29) is 0 Å². The lowest BCUT2D eigenvalue weighted by atomic mass is 9.88. The van der Waals surface area contributed by atoms with Crippen LogP contribution < -0.4 is 0 Å². The molecule has 84 valence electrons. The van der Waals surface area contributed by atoms with Gasteiger partial charge in [0.1, 0.15) is 0 Å². The molecular weight excluding hydrogens is 192 g/mol. The first-order valence-corrected chi connectivity index (χ1v) is 6.13. The molecule has 0 heterocycles. The first kappa shape index (κ1) is 11.3. The maximum absolute atomic E-state index is 3.29. The molecule has 0 N–H and O–H groups in total. The minimum absolute atomic E-state index is 0.362. The zero-order valence-corrected chi connectivity index (χ0v) is 10.5. The van der Waals surface area contributed by atoms with E-state index >= 15 is 0 Å². The molecule has 0 spiro atoms. The molecule has 0 unspecified atom stereocenters. The van der Waals surface area contributed by atoms with Crippen molar-refractivity contribution in [3.8, 4) is 11.8 Å². The summed E-state index contributed by atoms with van der Waals surface area (Å²) < 4.78 is 0. The molecule has 16 heavy (non-hydrogen) atoms. The van der Waals surface area contributed by atoms with E-state index in [0.717, 1.165) is 12.0 Å². The van der Waals surface area contributed by atoms with Crippen LogP contribution in [0.3, 0.4) is 0 Å². The van der Waals surface area contributed by atoms with Gasteiger partial charge in [-0.1, -0.05) is 44.7 Å². The van der Waals surface area contributed by atoms with Crippen LogP contribution in [0.5, 0.6) is 0 Å². The summed E-state index contributed by atoms with van der Waals surface area (Å²) in [6, 6.07) is 8.72. The Morgan fingerprint density at radius 2 is 1.75 bits per heavy atom. The fraction of sp³-hybridized carbons (Fsp3) is 0.500. The highest BCUT2D eigenvalue weighted by Gasteiger charge is 2.17. The molecule has 1 aliphatic rings. The first-order valence-electron chi connectivity index (χ1n) is 6.13. The van der Waals surface area contributed by atoms with Gasteiger partial charge in [-0.3, -0.25) is 0 Å². The Kier molecular flexibility index (Phi) is 3.06. The van der Waals surface area contributed by atoms with Gasteiger partial charge in [-0.15, -0.1) is 0 Å². The summed E-state index contributed by atoms with van der Waals surface area (Å²) in [7, 11) is 0. The van der Waals surface area contributed by atoms with Crippen LogP contribution in [0.25, 0.3) is 0 Å². The number of hydrogen-bond donors (Lipinski definition) is 0. The lowest BCUT2D eigenvalue weighted by molar-refractivity contribution is 0.411. The molecule has 1 saturated carbocycles. The van der Waals surface area contributed by atoms with Gasteiger partial charge in [-0.25, -0.2) is 0 Å². The third-order valence-electron chi connectivity index (χ3n) is 2.69. The number of rotatable bonds is 1. The van der Waals surface area contributed by atoms with E-state index in [0.29, 0.717) is 11.3 Å². The van der Waals surface area contributed by atoms with Crippen LogP contribution in [-0.2, 0) is 6.42 Å². The van der Waals surface area contributed by atoms with Crippen molar-refractivity contribution in [2.45, 2.75) is 40.0 Å². The Hall–Kier alpha value is -1.22. The highest BCUT2D eigenvalue weighted by atomic mass is 14.2. The van der Waals surface area contributed by atoms with Gasteiger partial charge < -0.3 is 0 Å². The van der Waals surface area contributed by atoms with Crippen molar-refractivity contribution in [2.24, 2.45) is 11.3 Å². The summed E-state index contributed by atoms with van der Waals surface area (Å²) >= 11 is 0. The largest absolute Gasteiger partial charge is 0.0945 e. The second-order valence-electron chi connectivity index (χ2n) is 5.98. The summed E-state index contributed by atoms with van der Waals surface area (Å²) in [6.07, 6.45) is 3.73. The SMILES string of the molecule is CC(C)(C)Cc1ccc(C#CC2CC2)cc1. The Balaban J connectivity index is 2.02. The van der Waals surface area contributed by atoms with Crippen molar-refractivity contribution >= 4 is 0 Å². The summed E-state index contributed by atoms with van der Waals surface area (Å²) in [4.78, 5) is 0. The molecule has 0 aliphatic heterocycles. The molecule has 0 heteroatoms. The average Bonchev–Trinajstić information content (AvgIpc) is 2.98. The van der Waals surface area contributed by atoms with Crippen molar-refractivity contribution in [3.05, 3.63) is 35.4 Å². The molecule has 1 aromatic carbocycles. The molecule has 0 atom stereocenters. The quantitative estimate of drug-likeness (QED) is 0.616.